The predicted molar refractivity (Wildman–Crippen MR) is 67.3 cm³/mol. The fourth-order valence-corrected chi connectivity index (χ4v) is 1.63. The molecule has 0 fully saturated rings. The molecule has 1 aromatic carbocycles. The Morgan fingerprint density at radius 2 is 1.45 bits per heavy atom. The lowest BCUT2D eigenvalue weighted by Crippen LogP contribution is -2.32. The Hall–Kier alpha value is -1.77. The van der Waals surface area contributed by atoms with Crippen LogP contribution < -0.4 is 10.6 Å². The van der Waals surface area contributed by atoms with E-state index in [0.717, 1.165) is 0 Å². The number of alkyl halides is 6. The summed E-state index contributed by atoms with van der Waals surface area (Å²) in [6.45, 7) is 2.87. The second-order valence-electron chi connectivity index (χ2n) is 4.40. The van der Waals surface area contributed by atoms with Crippen LogP contribution in [0.3, 0.4) is 0 Å². The lowest BCUT2D eigenvalue weighted by atomic mass is 10.0. The molecule has 0 radical (unpaired) electrons. The zero-order chi connectivity index (χ0) is 17.0. The van der Waals surface area contributed by atoms with Gasteiger partial charge in [-0.1, -0.05) is 6.92 Å². The maximum Gasteiger partial charge on any atom is 0.416 e. The molecule has 0 atom stereocenters. The number of benzene rings is 1. The van der Waals surface area contributed by atoms with E-state index in [1.807, 2.05) is 6.92 Å². The molecule has 3 nitrogen and oxygen atoms in total. The SMILES string of the molecule is CCNCCNC(=O)c1cc(C(F)(F)F)cc(C(F)(F)F)c1. The van der Waals surface area contributed by atoms with Crippen LogP contribution in [0.25, 0.3) is 0 Å². The first-order valence-corrected chi connectivity index (χ1v) is 6.34. The topological polar surface area (TPSA) is 41.1 Å². The molecule has 1 rings (SSSR count). The van der Waals surface area contributed by atoms with Crippen LogP contribution in [0.15, 0.2) is 18.2 Å². The van der Waals surface area contributed by atoms with Gasteiger partial charge in [0.25, 0.3) is 5.91 Å². The Morgan fingerprint density at radius 1 is 0.955 bits per heavy atom. The molecule has 0 saturated carbocycles. The van der Waals surface area contributed by atoms with Gasteiger partial charge < -0.3 is 10.6 Å². The van der Waals surface area contributed by atoms with Gasteiger partial charge in [-0.15, -0.1) is 0 Å². The summed E-state index contributed by atoms with van der Waals surface area (Å²) in [5, 5.41) is 5.11. The lowest BCUT2D eigenvalue weighted by Gasteiger charge is -2.14. The van der Waals surface area contributed by atoms with E-state index in [-0.39, 0.29) is 12.6 Å². The summed E-state index contributed by atoms with van der Waals surface area (Å²) >= 11 is 0. The highest BCUT2D eigenvalue weighted by atomic mass is 19.4. The highest BCUT2D eigenvalue weighted by Crippen LogP contribution is 2.36. The smallest absolute Gasteiger partial charge is 0.351 e. The molecule has 0 aliphatic rings. The van der Waals surface area contributed by atoms with Gasteiger partial charge in [0.2, 0.25) is 0 Å². The number of hydrogen-bond acceptors (Lipinski definition) is 2. The normalized spacial score (nSPS) is 12.3. The Kier molecular flexibility index (Phi) is 5.81. The standard InChI is InChI=1S/C13H14F6N2O/c1-2-20-3-4-21-11(22)8-5-9(12(14,15)16)7-10(6-8)13(17,18)19/h5-7,20H,2-4H2,1H3,(H,21,22). The number of carbonyl (C=O) groups is 1. The average Bonchev–Trinajstić information content (AvgIpc) is 2.41. The average molecular weight is 328 g/mol. The maximum absolute atomic E-state index is 12.6. The molecule has 0 bridgehead atoms. The zero-order valence-electron chi connectivity index (χ0n) is 11.5. The van der Waals surface area contributed by atoms with Crippen LogP contribution in [0.1, 0.15) is 28.4 Å². The maximum atomic E-state index is 12.6. The van der Waals surface area contributed by atoms with Gasteiger partial charge in [0.1, 0.15) is 0 Å². The number of carbonyl (C=O) groups excluding carboxylic acids is 1. The summed E-state index contributed by atoms with van der Waals surface area (Å²) in [4.78, 5) is 11.7. The summed E-state index contributed by atoms with van der Waals surface area (Å²) in [5.74, 6) is -0.991. The van der Waals surface area contributed by atoms with E-state index in [4.69, 9.17) is 0 Å². The Morgan fingerprint density at radius 3 is 1.86 bits per heavy atom. The minimum atomic E-state index is -4.97. The summed E-state index contributed by atoms with van der Waals surface area (Å²) in [5.41, 5.74) is -3.71. The summed E-state index contributed by atoms with van der Waals surface area (Å²) < 4.78 is 75.9. The largest absolute Gasteiger partial charge is 0.416 e. The van der Waals surface area contributed by atoms with Gasteiger partial charge in [-0.05, 0) is 24.7 Å². The number of rotatable bonds is 5. The Bertz CT molecular complexity index is 492. The van der Waals surface area contributed by atoms with E-state index >= 15 is 0 Å². The predicted octanol–water partition coefficient (Wildman–Crippen LogP) is 3.06. The van der Waals surface area contributed by atoms with E-state index in [1.54, 1.807) is 0 Å². The third-order valence-corrected chi connectivity index (χ3v) is 2.69. The monoisotopic (exact) mass is 328 g/mol. The van der Waals surface area contributed by atoms with Crippen molar-refractivity contribution in [1.82, 2.24) is 10.6 Å². The number of likely N-dealkylation sites (N-methyl/N-ethyl adjacent to an activating group) is 1. The van der Waals surface area contributed by atoms with E-state index in [9.17, 15) is 31.1 Å². The van der Waals surface area contributed by atoms with Crippen LogP contribution in [0.5, 0.6) is 0 Å². The lowest BCUT2D eigenvalue weighted by molar-refractivity contribution is -0.143. The van der Waals surface area contributed by atoms with Crippen LogP contribution in [0.2, 0.25) is 0 Å². The van der Waals surface area contributed by atoms with Gasteiger partial charge in [-0.2, -0.15) is 26.3 Å². The van der Waals surface area contributed by atoms with Crippen LogP contribution in [0.4, 0.5) is 26.3 Å². The van der Waals surface area contributed by atoms with Crippen LogP contribution in [-0.4, -0.2) is 25.5 Å². The van der Waals surface area contributed by atoms with Crippen molar-refractivity contribution in [1.29, 1.82) is 0 Å². The van der Waals surface area contributed by atoms with Crippen LogP contribution >= 0.6 is 0 Å². The second kappa shape index (κ2) is 6.99. The first kappa shape index (κ1) is 18.3. The molecule has 2 N–H and O–H groups in total. The third kappa shape index (κ3) is 5.21. The molecule has 124 valence electrons. The minimum absolute atomic E-state index is 0.0184. The van der Waals surface area contributed by atoms with Gasteiger partial charge in [-0.25, -0.2) is 0 Å². The van der Waals surface area contributed by atoms with Crippen molar-refractivity contribution in [3.8, 4) is 0 Å². The fraction of sp³-hybridized carbons (Fsp3) is 0.462. The van der Waals surface area contributed by atoms with E-state index in [2.05, 4.69) is 10.6 Å². The molecular weight excluding hydrogens is 314 g/mol. The molecule has 0 heterocycles. The molecule has 0 aliphatic heterocycles. The molecule has 1 amide bonds. The highest BCUT2D eigenvalue weighted by molar-refractivity contribution is 5.94. The van der Waals surface area contributed by atoms with Gasteiger partial charge in [0.05, 0.1) is 11.1 Å². The Balaban J connectivity index is 3.05. The number of halogens is 6. The van der Waals surface area contributed by atoms with Crippen LogP contribution in [0, 0.1) is 0 Å². The van der Waals surface area contributed by atoms with Gasteiger partial charge in [-0.3, -0.25) is 4.79 Å². The summed E-state index contributed by atoms with van der Waals surface area (Å²) in [6.07, 6.45) is -9.94. The summed E-state index contributed by atoms with van der Waals surface area (Å²) in [7, 11) is 0. The fourth-order valence-electron chi connectivity index (χ4n) is 1.63. The third-order valence-electron chi connectivity index (χ3n) is 2.69. The first-order chi connectivity index (χ1) is 10.1. The minimum Gasteiger partial charge on any atom is -0.351 e. The van der Waals surface area contributed by atoms with E-state index < -0.39 is 35.0 Å². The highest BCUT2D eigenvalue weighted by Gasteiger charge is 2.37. The van der Waals surface area contributed by atoms with E-state index in [1.165, 1.54) is 0 Å². The van der Waals surface area contributed by atoms with Crippen LogP contribution in [-0.2, 0) is 12.4 Å². The number of amides is 1. The Labute approximate surface area is 122 Å². The van der Waals surface area contributed by atoms with Crippen molar-refractivity contribution in [2.75, 3.05) is 19.6 Å². The number of nitrogens with one attached hydrogen (secondary N) is 2. The first-order valence-electron chi connectivity index (χ1n) is 6.34. The molecule has 0 saturated heterocycles. The molecule has 22 heavy (non-hydrogen) atoms. The van der Waals surface area contributed by atoms with Crippen molar-refractivity contribution in [2.45, 2.75) is 19.3 Å². The molecule has 0 aliphatic carbocycles. The quantitative estimate of drug-likeness (QED) is 0.644. The van der Waals surface area contributed by atoms with Gasteiger partial charge in [0, 0.05) is 18.7 Å². The van der Waals surface area contributed by atoms with Crippen molar-refractivity contribution in [3.63, 3.8) is 0 Å². The molecule has 0 aromatic heterocycles. The van der Waals surface area contributed by atoms with Crippen molar-refractivity contribution in [3.05, 3.63) is 34.9 Å². The van der Waals surface area contributed by atoms with E-state index in [0.29, 0.717) is 25.2 Å². The summed E-state index contributed by atoms with van der Waals surface area (Å²) in [6, 6.07) is 0.783. The van der Waals surface area contributed by atoms with Gasteiger partial charge >= 0.3 is 12.4 Å². The second-order valence-corrected chi connectivity index (χ2v) is 4.40. The molecular formula is C13H14F6N2O. The zero-order valence-corrected chi connectivity index (χ0v) is 11.5. The van der Waals surface area contributed by atoms with Crippen molar-refractivity contribution < 1.29 is 31.1 Å². The molecule has 0 spiro atoms. The molecule has 9 heteroatoms. The van der Waals surface area contributed by atoms with Gasteiger partial charge in [0.15, 0.2) is 0 Å². The molecule has 0 unspecified atom stereocenters. The molecule has 1 aromatic rings. The number of hydrogen-bond donors (Lipinski definition) is 2. The van der Waals surface area contributed by atoms with Crippen molar-refractivity contribution >= 4 is 5.91 Å². The van der Waals surface area contributed by atoms with Crippen molar-refractivity contribution in [2.24, 2.45) is 0 Å².